The molecule has 2 N–H and O–H groups in total. The van der Waals surface area contributed by atoms with Crippen LogP contribution in [0.15, 0.2) is 29.4 Å². The predicted octanol–water partition coefficient (Wildman–Crippen LogP) is 0.442. The summed E-state index contributed by atoms with van der Waals surface area (Å²) < 4.78 is 1.46. The van der Waals surface area contributed by atoms with Crippen molar-refractivity contribution in [3.8, 4) is 5.69 Å². The number of tetrazole rings is 1. The average molecular weight is 277 g/mol. The second-order valence-electron chi connectivity index (χ2n) is 3.73. The highest BCUT2D eigenvalue weighted by Crippen LogP contribution is 2.18. The molecule has 2 aromatic rings. The minimum Gasteiger partial charge on any atom is -0.369 e. The van der Waals surface area contributed by atoms with Crippen molar-refractivity contribution in [3.05, 3.63) is 29.8 Å². The van der Waals surface area contributed by atoms with Gasteiger partial charge < -0.3 is 5.73 Å². The van der Waals surface area contributed by atoms with E-state index in [-0.39, 0.29) is 11.5 Å². The smallest absolute Gasteiger partial charge is 0.227 e. The third-order valence-electron chi connectivity index (χ3n) is 2.28. The molecule has 1 heterocycles. The minimum atomic E-state index is -0.447. The zero-order valence-corrected chi connectivity index (χ0v) is 10.9. The quantitative estimate of drug-likeness (QED) is 0.628. The molecule has 2 rings (SSSR count). The zero-order valence-electron chi connectivity index (χ0n) is 10.1. The van der Waals surface area contributed by atoms with Gasteiger partial charge in [0, 0.05) is 5.56 Å². The molecule has 0 aliphatic heterocycles. The largest absolute Gasteiger partial charge is 0.369 e. The van der Waals surface area contributed by atoms with Crippen LogP contribution >= 0.6 is 11.8 Å². The summed E-state index contributed by atoms with van der Waals surface area (Å²) in [6.07, 6.45) is 0. The van der Waals surface area contributed by atoms with E-state index in [1.807, 2.05) is 0 Å². The molecule has 98 valence electrons. The molecule has 0 saturated carbocycles. The van der Waals surface area contributed by atoms with Crippen LogP contribution in [0.4, 0.5) is 0 Å². The maximum atomic E-state index is 11.3. The predicted molar refractivity (Wildman–Crippen MR) is 69.1 cm³/mol. The molecule has 0 atom stereocenters. The number of Topliss-reactive ketones (excluding diaryl/α,β-unsaturated/α-hetero) is 1. The van der Waals surface area contributed by atoms with Crippen LogP contribution in [0.3, 0.4) is 0 Å². The molecule has 1 aromatic heterocycles. The van der Waals surface area contributed by atoms with Gasteiger partial charge in [-0.25, -0.2) is 0 Å². The number of benzene rings is 1. The van der Waals surface area contributed by atoms with Gasteiger partial charge in [-0.3, -0.25) is 9.59 Å². The fourth-order valence-corrected chi connectivity index (χ4v) is 2.05. The number of ketones is 1. The lowest BCUT2D eigenvalue weighted by molar-refractivity contribution is -0.115. The van der Waals surface area contributed by atoms with E-state index in [1.54, 1.807) is 24.3 Å². The summed E-state index contributed by atoms with van der Waals surface area (Å²) in [5, 5.41) is 11.6. The highest BCUT2D eigenvalue weighted by molar-refractivity contribution is 7.99. The van der Waals surface area contributed by atoms with Crippen molar-refractivity contribution < 1.29 is 9.59 Å². The number of amides is 1. The Morgan fingerprint density at radius 1 is 1.42 bits per heavy atom. The van der Waals surface area contributed by atoms with Gasteiger partial charge in [0.05, 0.1) is 11.4 Å². The van der Waals surface area contributed by atoms with Gasteiger partial charge in [0.1, 0.15) is 0 Å². The van der Waals surface area contributed by atoms with Crippen LogP contribution in [-0.4, -0.2) is 37.7 Å². The van der Waals surface area contributed by atoms with E-state index in [9.17, 15) is 9.59 Å². The van der Waals surface area contributed by atoms with Crippen molar-refractivity contribution in [2.75, 3.05) is 5.75 Å². The van der Waals surface area contributed by atoms with Gasteiger partial charge >= 0.3 is 0 Å². The summed E-state index contributed by atoms with van der Waals surface area (Å²) in [4.78, 5) is 22.1. The maximum absolute atomic E-state index is 11.3. The van der Waals surface area contributed by atoms with Crippen molar-refractivity contribution in [1.29, 1.82) is 0 Å². The lowest BCUT2D eigenvalue weighted by Gasteiger charge is -2.04. The molecular formula is C11H11N5O2S. The molecule has 1 amide bonds. The van der Waals surface area contributed by atoms with Crippen molar-refractivity contribution in [1.82, 2.24) is 20.2 Å². The van der Waals surface area contributed by atoms with Gasteiger partial charge in [-0.2, -0.15) is 4.68 Å². The van der Waals surface area contributed by atoms with Gasteiger partial charge in [0.25, 0.3) is 0 Å². The monoisotopic (exact) mass is 277 g/mol. The van der Waals surface area contributed by atoms with Gasteiger partial charge in [-0.1, -0.05) is 23.9 Å². The standard InChI is InChI=1S/C11H11N5O2S/c1-7(17)8-3-2-4-9(5-8)16-11(13-14-15-16)19-6-10(12)18/h2-5H,6H2,1H3,(H2,12,18). The van der Waals surface area contributed by atoms with Gasteiger partial charge in [-0.05, 0) is 29.5 Å². The SMILES string of the molecule is CC(=O)c1cccc(-n2nnnc2SCC(N)=O)c1. The number of hydrogen-bond acceptors (Lipinski definition) is 6. The van der Waals surface area contributed by atoms with Crippen molar-refractivity contribution in [2.45, 2.75) is 12.1 Å². The Bertz CT molecular complexity index is 625. The number of carbonyl (C=O) groups excluding carboxylic acids is 2. The first-order valence-electron chi connectivity index (χ1n) is 5.39. The van der Waals surface area contributed by atoms with Crippen LogP contribution < -0.4 is 5.73 Å². The number of rotatable bonds is 5. The van der Waals surface area contributed by atoms with E-state index in [0.717, 1.165) is 11.8 Å². The average Bonchev–Trinajstić information content (AvgIpc) is 2.84. The molecule has 0 aliphatic carbocycles. The molecule has 19 heavy (non-hydrogen) atoms. The van der Waals surface area contributed by atoms with Crippen molar-refractivity contribution >= 4 is 23.5 Å². The van der Waals surface area contributed by atoms with Crippen LogP contribution in [0, 0.1) is 0 Å². The van der Waals surface area contributed by atoms with Crippen LogP contribution in [0.25, 0.3) is 5.69 Å². The Morgan fingerprint density at radius 2 is 2.21 bits per heavy atom. The number of carbonyl (C=O) groups is 2. The summed E-state index contributed by atoms with van der Waals surface area (Å²) in [6.45, 7) is 1.49. The fourth-order valence-electron chi connectivity index (χ4n) is 1.42. The second-order valence-corrected chi connectivity index (χ2v) is 4.68. The summed E-state index contributed by atoms with van der Waals surface area (Å²) in [6, 6.07) is 6.92. The van der Waals surface area contributed by atoms with E-state index >= 15 is 0 Å². The second kappa shape index (κ2) is 5.61. The topological polar surface area (TPSA) is 104 Å². The first-order chi connectivity index (χ1) is 9.08. The van der Waals surface area contributed by atoms with Crippen molar-refractivity contribution in [2.24, 2.45) is 5.73 Å². The van der Waals surface area contributed by atoms with E-state index in [4.69, 9.17) is 5.73 Å². The van der Waals surface area contributed by atoms with Crippen LogP contribution in [0.2, 0.25) is 0 Å². The third kappa shape index (κ3) is 3.16. The first kappa shape index (κ1) is 13.2. The summed E-state index contributed by atoms with van der Waals surface area (Å²) in [7, 11) is 0. The van der Waals surface area contributed by atoms with Gasteiger partial charge in [0.15, 0.2) is 5.78 Å². The zero-order chi connectivity index (χ0) is 13.8. The molecule has 0 bridgehead atoms. The molecule has 7 nitrogen and oxygen atoms in total. The maximum Gasteiger partial charge on any atom is 0.227 e. The van der Waals surface area contributed by atoms with Gasteiger partial charge in [-0.15, -0.1) is 5.10 Å². The number of nitrogens with two attached hydrogens (primary N) is 1. The van der Waals surface area contributed by atoms with Gasteiger partial charge in [0.2, 0.25) is 11.1 Å². The third-order valence-corrected chi connectivity index (χ3v) is 3.22. The van der Waals surface area contributed by atoms with E-state index in [2.05, 4.69) is 15.5 Å². The Hall–Kier alpha value is -2.22. The number of primary amides is 1. The Labute approximate surface area is 113 Å². The summed E-state index contributed by atoms with van der Waals surface area (Å²) >= 11 is 1.14. The Kier molecular flexibility index (Phi) is 3.91. The summed E-state index contributed by atoms with van der Waals surface area (Å²) in [5.74, 6) is -0.398. The van der Waals surface area contributed by atoms with Crippen LogP contribution in [-0.2, 0) is 4.79 Å². The highest BCUT2D eigenvalue weighted by atomic mass is 32.2. The number of nitrogens with zero attached hydrogens (tertiary/aromatic N) is 4. The molecule has 0 aliphatic rings. The summed E-state index contributed by atoms with van der Waals surface area (Å²) in [5.41, 5.74) is 6.30. The van der Waals surface area contributed by atoms with E-state index in [0.29, 0.717) is 16.4 Å². The molecule has 8 heteroatoms. The first-order valence-corrected chi connectivity index (χ1v) is 6.37. The normalized spacial score (nSPS) is 10.4. The Morgan fingerprint density at radius 3 is 2.89 bits per heavy atom. The molecule has 0 saturated heterocycles. The molecule has 0 fully saturated rings. The number of thioether (sulfide) groups is 1. The molecule has 0 radical (unpaired) electrons. The minimum absolute atomic E-state index is 0.0405. The lowest BCUT2D eigenvalue weighted by atomic mass is 10.1. The molecule has 1 aromatic carbocycles. The van der Waals surface area contributed by atoms with E-state index in [1.165, 1.54) is 11.6 Å². The highest BCUT2D eigenvalue weighted by Gasteiger charge is 2.11. The van der Waals surface area contributed by atoms with Crippen molar-refractivity contribution in [3.63, 3.8) is 0 Å². The Balaban J connectivity index is 2.31. The van der Waals surface area contributed by atoms with Crippen LogP contribution in [0.5, 0.6) is 0 Å². The van der Waals surface area contributed by atoms with E-state index < -0.39 is 5.91 Å². The lowest BCUT2D eigenvalue weighted by Crippen LogP contribution is -2.13. The van der Waals surface area contributed by atoms with Crippen LogP contribution in [0.1, 0.15) is 17.3 Å². The molecule has 0 unspecified atom stereocenters. The number of hydrogen-bond donors (Lipinski definition) is 1. The molecule has 0 spiro atoms. The number of aromatic nitrogens is 4. The fraction of sp³-hybridized carbons (Fsp3) is 0.182. The molecular weight excluding hydrogens is 266 g/mol.